The first-order chi connectivity index (χ1) is 16.4. The minimum atomic E-state index is -2.45. The zero-order chi connectivity index (χ0) is 23.4. The summed E-state index contributed by atoms with van der Waals surface area (Å²) < 4.78 is 27.4. The van der Waals surface area contributed by atoms with Gasteiger partial charge in [-0.3, -0.25) is 9.58 Å². The first-order valence-corrected chi connectivity index (χ1v) is 11.9. The molecule has 2 aliphatic heterocycles. The molecular formula is C22H23F2N9S. The van der Waals surface area contributed by atoms with E-state index >= 15 is 0 Å². The molecule has 2 atom stereocenters. The largest absolute Gasteiger partial charge is 0.335 e. The average molecular weight is 484 g/mol. The van der Waals surface area contributed by atoms with Gasteiger partial charge < -0.3 is 10.2 Å². The molecule has 4 aromatic rings. The van der Waals surface area contributed by atoms with Crippen LogP contribution in [-0.2, 0) is 6.54 Å². The van der Waals surface area contributed by atoms with Crippen LogP contribution >= 0.6 is 11.3 Å². The fourth-order valence-electron chi connectivity index (χ4n) is 4.73. The van der Waals surface area contributed by atoms with Crippen molar-refractivity contribution in [1.29, 1.82) is 0 Å². The summed E-state index contributed by atoms with van der Waals surface area (Å²) in [6, 6.07) is 4.79. The van der Waals surface area contributed by atoms with Crippen LogP contribution in [0.5, 0.6) is 0 Å². The number of pyridine rings is 1. The van der Waals surface area contributed by atoms with Gasteiger partial charge in [-0.1, -0.05) is 0 Å². The SMILES string of the molecule is Cc1cc(Nc2cc3nc(-c4cnn(CC(F)F)c4)sc3cn2)nc(N2C[C@@H]3C[C@H]2CN3C)n1. The van der Waals surface area contributed by atoms with E-state index in [1.807, 2.05) is 19.1 Å². The molecule has 1 N–H and O–H groups in total. The average Bonchev–Trinajstić information content (AvgIpc) is 3.55. The highest BCUT2D eigenvalue weighted by molar-refractivity contribution is 7.21. The van der Waals surface area contributed by atoms with E-state index < -0.39 is 13.0 Å². The van der Waals surface area contributed by atoms with Crippen LogP contribution in [0.3, 0.4) is 0 Å². The van der Waals surface area contributed by atoms with Crippen LogP contribution in [0, 0.1) is 6.92 Å². The van der Waals surface area contributed by atoms with Crippen molar-refractivity contribution in [3.63, 3.8) is 0 Å². The van der Waals surface area contributed by atoms with Crippen molar-refractivity contribution in [3.8, 4) is 10.6 Å². The third-order valence-electron chi connectivity index (χ3n) is 6.35. The second kappa shape index (κ2) is 8.20. The molecular weight excluding hydrogens is 460 g/mol. The maximum absolute atomic E-state index is 12.6. The monoisotopic (exact) mass is 483 g/mol. The number of piperazine rings is 1. The summed E-state index contributed by atoms with van der Waals surface area (Å²) in [4.78, 5) is 23.3. The van der Waals surface area contributed by atoms with Gasteiger partial charge in [0.15, 0.2) is 0 Å². The van der Waals surface area contributed by atoms with Gasteiger partial charge in [0.25, 0.3) is 6.43 Å². The first-order valence-electron chi connectivity index (χ1n) is 11.1. The lowest BCUT2D eigenvalue weighted by molar-refractivity contribution is 0.122. The Morgan fingerprint density at radius 2 is 2.00 bits per heavy atom. The van der Waals surface area contributed by atoms with Crippen molar-refractivity contribution in [2.75, 3.05) is 30.4 Å². The Balaban J connectivity index is 1.23. The van der Waals surface area contributed by atoms with E-state index in [4.69, 9.17) is 4.98 Å². The van der Waals surface area contributed by atoms with Gasteiger partial charge in [-0.05, 0) is 20.4 Å². The molecule has 0 aromatic carbocycles. The number of hydrogen-bond acceptors (Lipinski definition) is 9. The number of rotatable bonds is 6. The Bertz CT molecular complexity index is 1350. The van der Waals surface area contributed by atoms with E-state index in [0.717, 1.165) is 41.4 Å². The number of halogens is 2. The topological polar surface area (TPSA) is 87.9 Å². The van der Waals surface area contributed by atoms with Crippen molar-refractivity contribution < 1.29 is 8.78 Å². The van der Waals surface area contributed by atoms with Gasteiger partial charge in [0.05, 0.1) is 16.4 Å². The van der Waals surface area contributed by atoms with Gasteiger partial charge in [0.2, 0.25) is 5.95 Å². The van der Waals surface area contributed by atoms with E-state index in [-0.39, 0.29) is 0 Å². The molecule has 2 bridgehead atoms. The standard InChI is InChI=1S/C22H23F2N9S/c1-12-3-20(30-22(27-12)33-10-14-4-15(33)9-31(14)2)29-19-5-16-17(7-25-19)34-21(28-16)13-6-26-32(8-13)11-18(23)24/h3,5-8,14-15,18H,4,9-11H2,1-2H3,(H,25,27,29,30)/t14-,15-/m0/s1. The molecule has 0 aliphatic carbocycles. The summed E-state index contributed by atoms with van der Waals surface area (Å²) in [7, 11) is 2.17. The van der Waals surface area contributed by atoms with Crippen LogP contribution < -0.4 is 10.2 Å². The Morgan fingerprint density at radius 3 is 2.76 bits per heavy atom. The Hall–Kier alpha value is -3.25. The molecule has 0 saturated carbocycles. The van der Waals surface area contributed by atoms with Crippen molar-refractivity contribution in [3.05, 3.63) is 36.4 Å². The second-order valence-electron chi connectivity index (χ2n) is 8.85. The molecule has 176 valence electrons. The number of alkyl halides is 2. The molecule has 0 radical (unpaired) electrons. The van der Waals surface area contributed by atoms with Crippen molar-refractivity contribution in [2.24, 2.45) is 0 Å². The second-order valence-corrected chi connectivity index (χ2v) is 9.88. The summed E-state index contributed by atoms with van der Waals surface area (Å²) in [6.45, 7) is 3.52. The van der Waals surface area contributed by atoms with Crippen LogP contribution in [-0.4, -0.2) is 73.3 Å². The van der Waals surface area contributed by atoms with Crippen LogP contribution in [0.2, 0.25) is 0 Å². The Kier molecular flexibility index (Phi) is 5.14. The minimum Gasteiger partial charge on any atom is -0.335 e. The predicted molar refractivity (Wildman–Crippen MR) is 127 cm³/mol. The van der Waals surface area contributed by atoms with Crippen LogP contribution in [0.1, 0.15) is 12.1 Å². The number of anilines is 3. The van der Waals surface area contributed by atoms with Crippen LogP contribution in [0.4, 0.5) is 26.4 Å². The van der Waals surface area contributed by atoms with E-state index in [1.165, 1.54) is 16.0 Å². The van der Waals surface area contributed by atoms with Gasteiger partial charge in [-0.25, -0.2) is 23.7 Å². The third-order valence-corrected chi connectivity index (χ3v) is 7.41. The smallest absolute Gasteiger partial charge is 0.257 e. The highest BCUT2D eigenvalue weighted by atomic mass is 32.1. The minimum absolute atomic E-state index is 0.434. The number of aromatic nitrogens is 6. The van der Waals surface area contributed by atoms with Crippen molar-refractivity contribution in [1.82, 2.24) is 34.6 Å². The molecule has 0 unspecified atom stereocenters. The van der Waals surface area contributed by atoms with Gasteiger partial charge in [-0.2, -0.15) is 10.1 Å². The highest BCUT2D eigenvalue weighted by Crippen LogP contribution is 2.33. The number of likely N-dealkylation sites (tertiary alicyclic amines) is 1. The molecule has 9 nitrogen and oxygen atoms in total. The normalized spacial score (nSPS) is 20.2. The molecule has 2 saturated heterocycles. The summed E-state index contributed by atoms with van der Waals surface area (Å²) in [5.74, 6) is 2.07. The van der Waals surface area contributed by atoms with E-state index in [2.05, 4.69) is 42.2 Å². The number of hydrogen-bond donors (Lipinski definition) is 1. The van der Waals surface area contributed by atoms with Gasteiger partial charge >= 0.3 is 0 Å². The van der Waals surface area contributed by atoms with Crippen molar-refractivity contribution >= 4 is 39.1 Å². The molecule has 2 aliphatic rings. The van der Waals surface area contributed by atoms with Gasteiger partial charge in [0, 0.05) is 61.0 Å². The number of thiazole rings is 1. The quantitative estimate of drug-likeness (QED) is 0.446. The maximum Gasteiger partial charge on any atom is 0.257 e. The zero-order valence-corrected chi connectivity index (χ0v) is 19.5. The molecule has 2 fully saturated rings. The first kappa shape index (κ1) is 21.3. The van der Waals surface area contributed by atoms with Crippen LogP contribution in [0.25, 0.3) is 20.8 Å². The fourth-order valence-corrected chi connectivity index (χ4v) is 5.62. The molecule has 4 aromatic heterocycles. The molecule has 6 heterocycles. The summed E-state index contributed by atoms with van der Waals surface area (Å²) in [5.41, 5.74) is 2.37. The predicted octanol–water partition coefficient (Wildman–Crippen LogP) is 3.55. The molecule has 34 heavy (non-hydrogen) atoms. The fraction of sp³-hybridized carbons (Fsp3) is 0.409. The van der Waals surface area contributed by atoms with E-state index in [9.17, 15) is 8.78 Å². The molecule has 0 amide bonds. The Labute approximate surface area is 198 Å². The summed E-state index contributed by atoms with van der Waals surface area (Å²) >= 11 is 1.45. The lowest BCUT2D eigenvalue weighted by Gasteiger charge is -2.32. The van der Waals surface area contributed by atoms with E-state index in [0.29, 0.717) is 34.3 Å². The summed E-state index contributed by atoms with van der Waals surface area (Å²) in [5, 5.41) is 8.00. The number of aryl methyl sites for hydroxylation is 1. The number of nitrogens with zero attached hydrogens (tertiary/aromatic N) is 8. The van der Waals surface area contributed by atoms with Gasteiger partial charge in [0.1, 0.15) is 23.2 Å². The van der Waals surface area contributed by atoms with Crippen LogP contribution in [0.15, 0.2) is 30.7 Å². The van der Waals surface area contributed by atoms with Crippen molar-refractivity contribution in [2.45, 2.75) is 38.4 Å². The Morgan fingerprint density at radius 1 is 1.12 bits per heavy atom. The lowest BCUT2D eigenvalue weighted by Crippen LogP contribution is -2.45. The lowest BCUT2D eigenvalue weighted by atomic mass is 10.2. The zero-order valence-electron chi connectivity index (χ0n) is 18.7. The highest BCUT2D eigenvalue weighted by Gasteiger charge is 2.42. The maximum atomic E-state index is 12.6. The molecule has 0 spiro atoms. The number of fused-ring (bicyclic) bond motifs is 3. The number of nitrogens with one attached hydrogen (secondary N) is 1. The van der Waals surface area contributed by atoms with Gasteiger partial charge in [-0.15, -0.1) is 11.3 Å². The number of likely N-dealkylation sites (N-methyl/N-ethyl adjacent to an activating group) is 1. The van der Waals surface area contributed by atoms with E-state index in [1.54, 1.807) is 18.6 Å². The summed E-state index contributed by atoms with van der Waals surface area (Å²) in [6.07, 6.45) is 3.61. The molecule has 6 rings (SSSR count). The molecule has 12 heteroatoms. The third kappa shape index (κ3) is 3.96.